The van der Waals surface area contributed by atoms with Crippen molar-refractivity contribution in [2.75, 3.05) is 0 Å². The molecule has 0 amide bonds. The molecular formula is C10H20O2. The van der Waals surface area contributed by atoms with Crippen LogP contribution in [0.3, 0.4) is 0 Å². The second-order valence-corrected chi connectivity index (χ2v) is 3.54. The zero-order valence-corrected chi connectivity index (χ0v) is 8.55. The fourth-order valence-electron chi connectivity index (χ4n) is 1.49. The normalized spacial score (nSPS) is 18.4. The first-order chi connectivity index (χ1) is 5.49. The highest BCUT2D eigenvalue weighted by Gasteiger charge is 2.36. The molecule has 0 spiro atoms. The summed E-state index contributed by atoms with van der Waals surface area (Å²) in [5, 5.41) is 10.0. The molecule has 0 aliphatic carbocycles. The number of Topliss-reactive ketones (excluding diaryl/α,β-unsaturated/α-hetero) is 1. The Morgan fingerprint density at radius 3 is 2.25 bits per heavy atom. The molecule has 2 atom stereocenters. The van der Waals surface area contributed by atoms with E-state index in [-0.39, 0.29) is 11.7 Å². The average molecular weight is 172 g/mol. The maximum Gasteiger partial charge on any atom is 0.161 e. The largest absolute Gasteiger partial charge is 0.382 e. The maximum atomic E-state index is 11.2. The van der Waals surface area contributed by atoms with Gasteiger partial charge in [-0.1, -0.05) is 33.6 Å². The van der Waals surface area contributed by atoms with Gasteiger partial charge in [0.15, 0.2) is 5.78 Å². The summed E-state index contributed by atoms with van der Waals surface area (Å²) in [6, 6.07) is 0. The van der Waals surface area contributed by atoms with Gasteiger partial charge < -0.3 is 5.11 Å². The van der Waals surface area contributed by atoms with E-state index in [0.29, 0.717) is 6.42 Å². The Morgan fingerprint density at radius 1 is 1.50 bits per heavy atom. The first-order valence-corrected chi connectivity index (χ1v) is 4.72. The van der Waals surface area contributed by atoms with E-state index in [9.17, 15) is 9.90 Å². The van der Waals surface area contributed by atoms with E-state index in [0.717, 1.165) is 12.8 Å². The number of carbonyl (C=O) groups excluding carboxylic acids is 1. The van der Waals surface area contributed by atoms with E-state index < -0.39 is 5.60 Å². The van der Waals surface area contributed by atoms with E-state index in [4.69, 9.17) is 0 Å². The van der Waals surface area contributed by atoms with Crippen LogP contribution in [0, 0.1) is 5.92 Å². The molecule has 2 unspecified atom stereocenters. The Kier molecular flexibility index (Phi) is 4.46. The quantitative estimate of drug-likeness (QED) is 0.690. The lowest BCUT2D eigenvalue weighted by Gasteiger charge is -2.30. The van der Waals surface area contributed by atoms with Gasteiger partial charge in [-0.3, -0.25) is 4.79 Å². The number of rotatable bonds is 5. The SMILES string of the molecule is CCCC(O)(C(C)=O)C(C)CC. The standard InChI is InChI=1S/C10H20O2/c1-5-7-10(12,9(4)11)8(3)6-2/h8,12H,5-7H2,1-4H3. The van der Waals surface area contributed by atoms with Crippen molar-refractivity contribution in [3.8, 4) is 0 Å². The van der Waals surface area contributed by atoms with Gasteiger partial charge in [-0.25, -0.2) is 0 Å². The minimum absolute atomic E-state index is 0.0648. The smallest absolute Gasteiger partial charge is 0.161 e. The monoisotopic (exact) mass is 172 g/mol. The predicted octanol–water partition coefficient (Wildman–Crippen LogP) is 2.15. The van der Waals surface area contributed by atoms with Gasteiger partial charge in [0.2, 0.25) is 0 Å². The maximum absolute atomic E-state index is 11.2. The van der Waals surface area contributed by atoms with Crippen LogP contribution in [0.4, 0.5) is 0 Å². The lowest BCUT2D eigenvalue weighted by molar-refractivity contribution is -0.141. The third kappa shape index (κ3) is 2.31. The molecule has 0 aromatic rings. The van der Waals surface area contributed by atoms with Gasteiger partial charge >= 0.3 is 0 Å². The van der Waals surface area contributed by atoms with Gasteiger partial charge in [0, 0.05) is 0 Å². The second kappa shape index (κ2) is 4.61. The summed E-state index contributed by atoms with van der Waals surface area (Å²) < 4.78 is 0. The Bertz CT molecular complexity index is 154. The van der Waals surface area contributed by atoms with Gasteiger partial charge in [0.1, 0.15) is 5.60 Å². The molecule has 1 N–H and O–H groups in total. The summed E-state index contributed by atoms with van der Waals surface area (Å²) in [5.74, 6) is -0.0337. The third-order valence-electron chi connectivity index (χ3n) is 2.67. The number of hydrogen-bond donors (Lipinski definition) is 1. The highest BCUT2D eigenvalue weighted by molar-refractivity contribution is 5.84. The van der Waals surface area contributed by atoms with Crippen LogP contribution in [-0.4, -0.2) is 16.5 Å². The van der Waals surface area contributed by atoms with Crippen molar-refractivity contribution >= 4 is 5.78 Å². The molecule has 0 radical (unpaired) electrons. The predicted molar refractivity (Wildman–Crippen MR) is 50.0 cm³/mol. The van der Waals surface area contributed by atoms with E-state index in [1.165, 1.54) is 6.92 Å². The first kappa shape index (κ1) is 11.6. The zero-order valence-electron chi connectivity index (χ0n) is 8.55. The average Bonchev–Trinajstić information content (AvgIpc) is 2.03. The minimum Gasteiger partial charge on any atom is -0.382 e. The van der Waals surface area contributed by atoms with Crippen LogP contribution in [0.2, 0.25) is 0 Å². The van der Waals surface area contributed by atoms with E-state index in [1.54, 1.807) is 0 Å². The van der Waals surface area contributed by atoms with Gasteiger partial charge in [-0.2, -0.15) is 0 Å². The minimum atomic E-state index is -1.08. The summed E-state index contributed by atoms with van der Waals surface area (Å²) in [4.78, 5) is 11.2. The molecule has 0 fully saturated rings. The van der Waals surface area contributed by atoms with Crippen molar-refractivity contribution in [2.24, 2.45) is 5.92 Å². The second-order valence-electron chi connectivity index (χ2n) is 3.54. The van der Waals surface area contributed by atoms with E-state index in [2.05, 4.69) is 0 Å². The topological polar surface area (TPSA) is 37.3 Å². The molecular weight excluding hydrogens is 152 g/mol. The van der Waals surface area contributed by atoms with Crippen LogP contribution < -0.4 is 0 Å². The Morgan fingerprint density at radius 2 is 2.00 bits per heavy atom. The fourth-order valence-corrected chi connectivity index (χ4v) is 1.49. The van der Waals surface area contributed by atoms with Crippen LogP contribution in [0.25, 0.3) is 0 Å². The van der Waals surface area contributed by atoms with E-state index >= 15 is 0 Å². The Balaban J connectivity index is 4.48. The molecule has 12 heavy (non-hydrogen) atoms. The summed E-state index contributed by atoms with van der Waals surface area (Å²) in [6.45, 7) is 7.38. The summed E-state index contributed by atoms with van der Waals surface area (Å²) in [6.07, 6.45) is 2.27. The zero-order chi connectivity index (χ0) is 9.78. The molecule has 0 aromatic carbocycles. The molecule has 0 heterocycles. The van der Waals surface area contributed by atoms with Gasteiger partial charge in [-0.05, 0) is 19.3 Å². The molecule has 0 aliphatic heterocycles. The third-order valence-corrected chi connectivity index (χ3v) is 2.67. The van der Waals surface area contributed by atoms with Crippen molar-refractivity contribution in [1.82, 2.24) is 0 Å². The lowest BCUT2D eigenvalue weighted by atomic mass is 9.80. The fraction of sp³-hybridized carbons (Fsp3) is 0.900. The Hall–Kier alpha value is -0.370. The number of aliphatic hydroxyl groups is 1. The first-order valence-electron chi connectivity index (χ1n) is 4.72. The summed E-state index contributed by atoms with van der Waals surface area (Å²) in [7, 11) is 0. The molecule has 72 valence electrons. The van der Waals surface area contributed by atoms with Gasteiger partial charge in [0.25, 0.3) is 0 Å². The van der Waals surface area contributed by atoms with Crippen LogP contribution in [-0.2, 0) is 4.79 Å². The summed E-state index contributed by atoms with van der Waals surface area (Å²) >= 11 is 0. The molecule has 0 aromatic heterocycles. The van der Waals surface area contributed by atoms with Gasteiger partial charge in [-0.15, -0.1) is 0 Å². The van der Waals surface area contributed by atoms with Crippen molar-refractivity contribution in [3.05, 3.63) is 0 Å². The molecule has 0 rings (SSSR count). The van der Waals surface area contributed by atoms with Crippen molar-refractivity contribution in [2.45, 2.75) is 52.6 Å². The van der Waals surface area contributed by atoms with Crippen LogP contribution >= 0.6 is 0 Å². The highest BCUT2D eigenvalue weighted by atomic mass is 16.3. The Labute approximate surface area is 75.0 Å². The van der Waals surface area contributed by atoms with E-state index in [1.807, 2.05) is 20.8 Å². The highest BCUT2D eigenvalue weighted by Crippen LogP contribution is 2.26. The molecule has 0 saturated heterocycles. The molecule has 0 aliphatic rings. The van der Waals surface area contributed by atoms with Crippen molar-refractivity contribution < 1.29 is 9.90 Å². The molecule has 0 bridgehead atoms. The van der Waals surface area contributed by atoms with Gasteiger partial charge in [0.05, 0.1) is 0 Å². The lowest BCUT2D eigenvalue weighted by Crippen LogP contribution is -2.43. The number of hydrogen-bond acceptors (Lipinski definition) is 2. The molecule has 2 heteroatoms. The van der Waals surface area contributed by atoms with Crippen LogP contribution in [0.5, 0.6) is 0 Å². The van der Waals surface area contributed by atoms with Crippen molar-refractivity contribution in [3.63, 3.8) is 0 Å². The number of carbonyl (C=O) groups is 1. The van der Waals surface area contributed by atoms with Crippen LogP contribution in [0.15, 0.2) is 0 Å². The van der Waals surface area contributed by atoms with Crippen LogP contribution in [0.1, 0.15) is 47.0 Å². The van der Waals surface area contributed by atoms with Crippen molar-refractivity contribution in [1.29, 1.82) is 0 Å². The summed E-state index contributed by atoms with van der Waals surface area (Å²) in [5.41, 5.74) is -1.08. The molecule has 0 saturated carbocycles. The molecule has 2 nitrogen and oxygen atoms in total. The number of ketones is 1.